The Balaban J connectivity index is 1.62. The summed E-state index contributed by atoms with van der Waals surface area (Å²) in [5, 5.41) is 0.885. The molecule has 27 heavy (non-hydrogen) atoms. The highest BCUT2D eigenvalue weighted by Gasteiger charge is 2.19. The standard InChI is InChI=1S/C24H23NO2/c26-24-21(13-6-2-3-9-18-15-16-18)23(20-12-7-8-14-22(20)25-24)27-17-19-10-4-1-5-11-19/h1,4-5,7-8,10-12,14,18H,2-3,9,15-17H2,(H,25,26). The molecule has 1 fully saturated rings. The van der Waals surface area contributed by atoms with Crippen LogP contribution in [0.5, 0.6) is 5.75 Å². The first-order valence-electron chi connectivity index (χ1n) is 9.62. The van der Waals surface area contributed by atoms with Gasteiger partial charge in [0.1, 0.15) is 17.9 Å². The van der Waals surface area contributed by atoms with E-state index in [4.69, 9.17) is 4.74 Å². The summed E-state index contributed by atoms with van der Waals surface area (Å²) in [5.41, 5.74) is 2.07. The van der Waals surface area contributed by atoms with Gasteiger partial charge in [-0.15, -0.1) is 0 Å². The summed E-state index contributed by atoms with van der Waals surface area (Å²) in [6.07, 6.45) is 5.91. The fraction of sp³-hybridized carbons (Fsp3) is 0.292. The van der Waals surface area contributed by atoms with Crippen molar-refractivity contribution in [1.29, 1.82) is 0 Å². The summed E-state index contributed by atoms with van der Waals surface area (Å²) in [6.45, 7) is 0.407. The summed E-state index contributed by atoms with van der Waals surface area (Å²) in [7, 11) is 0. The van der Waals surface area contributed by atoms with Crippen LogP contribution in [-0.2, 0) is 6.61 Å². The quantitative estimate of drug-likeness (QED) is 0.496. The molecule has 1 aromatic heterocycles. The Labute approximate surface area is 159 Å². The van der Waals surface area contributed by atoms with Gasteiger partial charge in [-0.05, 0) is 36.5 Å². The highest BCUT2D eigenvalue weighted by molar-refractivity contribution is 5.87. The minimum absolute atomic E-state index is 0.188. The summed E-state index contributed by atoms with van der Waals surface area (Å²) in [6, 6.07) is 17.7. The third-order valence-electron chi connectivity index (χ3n) is 4.92. The average Bonchev–Trinajstić information content (AvgIpc) is 3.52. The molecule has 0 unspecified atom stereocenters. The van der Waals surface area contributed by atoms with Crippen molar-refractivity contribution in [2.75, 3.05) is 0 Å². The molecular weight excluding hydrogens is 334 g/mol. The van der Waals surface area contributed by atoms with E-state index in [9.17, 15) is 4.79 Å². The van der Waals surface area contributed by atoms with Gasteiger partial charge in [0.25, 0.3) is 5.56 Å². The SMILES string of the molecule is O=c1[nH]c2ccccc2c(OCc2ccccc2)c1C#CCCCC1CC1. The molecule has 3 heteroatoms. The number of H-pyrrole nitrogens is 1. The smallest absolute Gasteiger partial charge is 0.268 e. The maximum atomic E-state index is 12.6. The van der Waals surface area contributed by atoms with E-state index in [1.807, 2.05) is 54.6 Å². The minimum atomic E-state index is -0.188. The number of pyridine rings is 1. The Morgan fingerprint density at radius 2 is 1.81 bits per heavy atom. The van der Waals surface area contributed by atoms with E-state index < -0.39 is 0 Å². The number of benzene rings is 2. The minimum Gasteiger partial charge on any atom is -0.487 e. The average molecular weight is 357 g/mol. The van der Waals surface area contributed by atoms with Crippen LogP contribution in [0.15, 0.2) is 59.4 Å². The van der Waals surface area contributed by atoms with E-state index in [1.54, 1.807) is 0 Å². The van der Waals surface area contributed by atoms with Crippen molar-refractivity contribution in [3.05, 3.63) is 76.1 Å². The van der Waals surface area contributed by atoms with Gasteiger partial charge in [-0.1, -0.05) is 67.1 Å². The maximum Gasteiger partial charge on any atom is 0.268 e. The van der Waals surface area contributed by atoms with Crippen LogP contribution in [-0.4, -0.2) is 4.98 Å². The van der Waals surface area contributed by atoms with Gasteiger partial charge in [0.15, 0.2) is 0 Å². The molecule has 136 valence electrons. The van der Waals surface area contributed by atoms with Crippen LogP contribution in [0.2, 0.25) is 0 Å². The number of aromatic nitrogens is 1. The molecule has 0 spiro atoms. The first-order valence-corrected chi connectivity index (χ1v) is 9.62. The lowest BCUT2D eigenvalue weighted by Gasteiger charge is -2.11. The molecule has 3 aromatic rings. The molecule has 2 aromatic carbocycles. The molecule has 0 saturated heterocycles. The van der Waals surface area contributed by atoms with Crippen molar-refractivity contribution < 1.29 is 4.74 Å². The third-order valence-corrected chi connectivity index (χ3v) is 4.92. The molecule has 0 atom stereocenters. The van der Waals surface area contributed by atoms with Gasteiger partial charge < -0.3 is 9.72 Å². The topological polar surface area (TPSA) is 42.1 Å². The van der Waals surface area contributed by atoms with Gasteiger partial charge >= 0.3 is 0 Å². The predicted octanol–water partition coefficient (Wildman–Crippen LogP) is 5.04. The Kier molecular flexibility index (Phi) is 5.25. The zero-order valence-electron chi connectivity index (χ0n) is 15.3. The van der Waals surface area contributed by atoms with Crippen LogP contribution < -0.4 is 10.3 Å². The molecule has 1 heterocycles. The van der Waals surface area contributed by atoms with Crippen molar-refractivity contribution >= 4 is 10.9 Å². The monoisotopic (exact) mass is 357 g/mol. The molecule has 0 bridgehead atoms. The van der Waals surface area contributed by atoms with Crippen LogP contribution in [0, 0.1) is 17.8 Å². The van der Waals surface area contributed by atoms with E-state index >= 15 is 0 Å². The second-order valence-electron chi connectivity index (χ2n) is 7.12. The Morgan fingerprint density at radius 3 is 2.63 bits per heavy atom. The van der Waals surface area contributed by atoms with E-state index in [0.29, 0.717) is 17.9 Å². The molecule has 0 amide bonds. The van der Waals surface area contributed by atoms with E-state index in [-0.39, 0.29) is 5.56 Å². The van der Waals surface area contributed by atoms with Gasteiger partial charge in [-0.3, -0.25) is 4.79 Å². The van der Waals surface area contributed by atoms with Crippen LogP contribution >= 0.6 is 0 Å². The van der Waals surface area contributed by atoms with E-state index in [0.717, 1.165) is 35.2 Å². The normalized spacial score (nSPS) is 13.2. The molecule has 0 radical (unpaired) electrons. The largest absolute Gasteiger partial charge is 0.487 e. The number of hydrogen-bond acceptors (Lipinski definition) is 2. The molecule has 1 saturated carbocycles. The van der Waals surface area contributed by atoms with Crippen LogP contribution in [0.3, 0.4) is 0 Å². The Hall–Kier alpha value is -2.99. The van der Waals surface area contributed by atoms with Crippen molar-refractivity contribution in [1.82, 2.24) is 4.98 Å². The molecule has 1 aliphatic rings. The summed E-state index contributed by atoms with van der Waals surface area (Å²) >= 11 is 0. The van der Waals surface area contributed by atoms with Crippen molar-refractivity contribution in [2.45, 2.75) is 38.7 Å². The number of unbranched alkanes of at least 4 members (excludes halogenated alkanes) is 1. The van der Waals surface area contributed by atoms with Crippen LogP contribution in [0.4, 0.5) is 0 Å². The van der Waals surface area contributed by atoms with Crippen LogP contribution in [0.25, 0.3) is 10.9 Å². The Bertz CT molecular complexity index is 1040. The number of rotatable bonds is 6. The third kappa shape index (κ3) is 4.41. The molecule has 1 aliphatic carbocycles. The second kappa shape index (κ2) is 8.14. The fourth-order valence-corrected chi connectivity index (χ4v) is 3.24. The lowest BCUT2D eigenvalue weighted by molar-refractivity contribution is 0.308. The van der Waals surface area contributed by atoms with Crippen molar-refractivity contribution in [3.8, 4) is 17.6 Å². The van der Waals surface area contributed by atoms with E-state index in [2.05, 4.69) is 16.8 Å². The summed E-state index contributed by atoms with van der Waals surface area (Å²) < 4.78 is 6.10. The molecular formula is C24H23NO2. The predicted molar refractivity (Wildman–Crippen MR) is 109 cm³/mol. The lowest BCUT2D eigenvalue weighted by Crippen LogP contribution is -2.13. The Morgan fingerprint density at radius 1 is 1.04 bits per heavy atom. The number of aromatic amines is 1. The summed E-state index contributed by atoms with van der Waals surface area (Å²) in [5.74, 6) is 7.76. The number of nitrogens with one attached hydrogen (secondary N) is 1. The van der Waals surface area contributed by atoms with Gasteiger partial charge in [0.05, 0.1) is 5.52 Å². The van der Waals surface area contributed by atoms with Gasteiger partial charge in [0.2, 0.25) is 0 Å². The van der Waals surface area contributed by atoms with E-state index in [1.165, 1.54) is 19.3 Å². The number of hydrogen-bond donors (Lipinski definition) is 1. The molecule has 3 nitrogen and oxygen atoms in total. The highest BCUT2D eigenvalue weighted by Crippen LogP contribution is 2.33. The molecule has 0 aliphatic heterocycles. The highest BCUT2D eigenvalue weighted by atomic mass is 16.5. The van der Waals surface area contributed by atoms with Gasteiger partial charge in [-0.2, -0.15) is 0 Å². The zero-order chi connectivity index (χ0) is 18.5. The second-order valence-corrected chi connectivity index (χ2v) is 7.12. The zero-order valence-corrected chi connectivity index (χ0v) is 15.3. The number of fused-ring (bicyclic) bond motifs is 1. The van der Waals surface area contributed by atoms with Crippen molar-refractivity contribution in [3.63, 3.8) is 0 Å². The molecule has 4 rings (SSSR count). The fourth-order valence-electron chi connectivity index (χ4n) is 3.24. The van der Waals surface area contributed by atoms with Gasteiger partial charge in [0, 0.05) is 11.8 Å². The van der Waals surface area contributed by atoms with Crippen LogP contribution in [0.1, 0.15) is 43.2 Å². The lowest BCUT2D eigenvalue weighted by atomic mass is 10.1. The first kappa shape index (κ1) is 17.4. The van der Waals surface area contributed by atoms with Crippen molar-refractivity contribution in [2.24, 2.45) is 5.92 Å². The summed E-state index contributed by atoms with van der Waals surface area (Å²) in [4.78, 5) is 15.5. The number of para-hydroxylation sites is 1. The molecule has 1 N–H and O–H groups in total. The van der Waals surface area contributed by atoms with Gasteiger partial charge in [-0.25, -0.2) is 0 Å². The first-order chi connectivity index (χ1) is 13.3. The number of ether oxygens (including phenoxy) is 1. The maximum absolute atomic E-state index is 12.6.